The summed E-state index contributed by atoms with van der Waals surface area (Å²) in [5.74, 6) is 0. The maximum atomic E-state index is 5.84. The highest BCUT2D eigenvalue weighted by Crippen LogP contribution is 1.80. The summed E-state index contributed by atoms with van der Waals surface area (Å²) >= 11 is 0. The first-order valence-corrected chi connectivity index (χ1v) is 5.61. The van der Waals surface area contributed by atoms with Crippen molar-refractivity contribution < 1.29 is 0 Å². The molecule has 0 bridgehead atoms. The molecule has 6 heteroatoms. The van der Waals surface area contributed by atoms with Gasteiger partial charge in [-0.3, -0.25) is 0 Å². The number of nitrogens with two attached hydrogens (primary N) is 3. The molecule has 0 aliphatic carbocycles. The second-order valence-corrected chi connectivity index (χ2v) is 3.43. The van der Waals surface area contributed by atoms with Crippen molar-refractivity contribution in [1.29, 1.82) is 0 Å². The summed E-state index contributed by atoms with van der Waals surface area (Å²) in [4.78, 5) is 0. The van der Waals surface area contributed by atoms with Gasteiger partial charge < -0.3 is 33.2 Å². The largest absolute Gasteiger partial charge is 0.329 e. The highest BCUT2D eigenvalue weighted by Gasteiger charge is 1.99. The first-order chi connectivity index (χ1) is 7.31. The lowest BCUT2D eigenvalue weighted by Crippen LogP contribution is -2.43. The summed E-state index contributed by atoms with van der Waals surface area (Å²) in [6.07, 6.45) is 0.964. The molecule has 0 heterocycles. The number of nitrogens with one attached hydrogen (secondary N) is 3. The lowest BCUT2D eigenvalue weighted by molar-refractivity contribution is 0.471. The molecule has 1 unspecified atom stereocenters. The molecule has 0 aromatic carbocycles. The second-order valence-electron chi connectivity index (χ2n) is 3.43. The number of hydrogen-bond acceptors (Lipinski definition) is 6. The van der Waals surface area contributed by atoms with Crippen LogP contribution >= 0.6 is 0 Å². The van der Waals surface area contributed by atoms with Gasteiger partial charge in [-0.1, -0.05) is 0 Å². The van der Waals surface area contributed by atoms with Gasteiger partial charge in [-0.25, -0.2) is 0 Å². The third-order valence-electron chi connectivity index (χ3n) is 1.98. The average Bonchev–Trinajstić information content (AvgIpc) is 2.24. The Morgan fingerprint density at radius 3 is 2.00 bits per heavy atom. The summed E-state index contributed by atoms with van der Waals surface area (Å²) in [7, 11) is 0. The molecule has 0 saturated carbocycles. The van der Waals surface area contributed by atoms with Crippen molar-refractivity contribution in [3.8, 4) is 0 Å². The lowest BCUT2D eigenvalue weighted by Gasteiger charge is -2.14. The summed E-state index contributed by atoms with van der Waals surface area (Å²) in [5, 5.41) is 9.61. The Hall–Kier alpha value is -0.240. The lowest BCUT2D eigenvalue weighted by atomic mass is 10.3. The molecule has 0 aromatic rings. The van der Waals surface area contributed by atoms with E-state index in [1.807, 2.05) is 0 Å². The van der Waals surface area contributed by atoms with Crippen LogP contribution in [0.2, 0.25) is 0 Å². The van der Waals surface area contributed by atoms with Crippen LogP contribution in [0.25, 0.3) is 0 Å². The van der Waals surface area contributed by atoms with Crippen molar-refractivity contribution in [2.45, 2.75) is 12.6 Å². The van der Waals surface area contributed by atoms with Crippen LogP contribution in [-0.2, 0) is 0 Å². The van der Waals surface area contributed by atoms with E-state index in [-0.39, 0.29) is 6.17 Å². The van der Waals surface area contributed by atoms with Crippen LogP contribution in [0.4, 0.5) is 0 Å². The van der Waals surface area contributed by atoms with Crippen molar-refractivity contribution in [2.75, 3.05) is 45.8 Å². The fourth-order valence-corrected chi connectivity index (χ4v) is 1.16. The van der Waals surface area contributed by atoms with E-state index in [9.17, 15) is 0 Å². The molecule has 15 heavy (non-hydrogen) atoms. The minimum atomic E-state index is 0.0509. The zero-order valence-corrected chi connectivity index (χ0v) is 9.47. The van der Waals surface area contributed by atoms with E-state index in [4.69, 9.17) is 17.2 Å². The second kappa shape index (κ2) is 11.8. The monoisotopic (exact) mass is 218 g/mol. The van der Waals surface area contributed by atoms with E-state index in [2.05, 4.69) is 16.0 Å². The van der Waals surface area contributed by atoms with Crippen LogP contribution in [0.1, 0.15) is 6.42 Å². The fourth-order valence-electron chi connectivity index (χ4n) is 1.16. The van der Waals surface area contributed by atoms with Gasteiger partial charge in [0.1, 0.15) is 0 Å². The Kier molecular flexibility index (Phi) is 11.6. The minimum absolute atomic E-state index is 0.0509. The smallest absolute Gasteiger partial charge is 0.0558 e. The number of hydrogen-bond donors (Lipinski definition) is 6. The van der Waals surface area contributed by atoms with Crippen LogP contribution in [0.3, 0.4) is 0 Å². The van der Waals surface area contributed by atoms with E-state index >= 15 is 0 Å². The molecule has 6 nitrogen and oxygen atoms in total. The molecule has 9 N–H and O–H groups in total. The molecule has 0 amide bonds. The molecule has 1 atom stereocenters. The molecule has 0 aliphatic heterocycles. The van der Waals surface area contributed by atoms with E-state index < -0.39 is 0 Å². The summed E-state index contributed by atoms with van der Waals surface area (Å²) in [6, 6.07) is 0. The van der Waals surface area contributed by atoms with Gasteiger partial charge in [-0.05, 0) is 13.0 Å². The van der Waals surface area contributed by atoms with Gasteiger partial charge in [0.25, 0.3) is 0 Å². The molecule has 0 rings (SSSR count). The number of rotatable bonds is 11. The summed E-state index contributed by atoms with van der Waals surface area (Å²) in [6.45, 7) is 5.74. The Labute approximate surface area is 92.3 Å². The molecular weight excluding hydrogens is 192 g/mol. The third kappa shape index (κ3) is 11.7. The molecule has 0 saturated heterocycles. The molecule has 0 spiro atoms. The van der Waals surface area contributed by atoms with Gasteiger partial charge in [0, 0.05) is 39.3 Å². The maximum Gasteiger partial charge on any atom is 0.0558 e. The zero-order chi connectivity index (χ0) is 11.4. The highest BCUT2D eigenvalue weighted by atomic mass is 15.0. The van der Waals surface area contributed by atoms with E-state index in [1.165, 1.54) is 0 Å². The quantitative estimate of drug-likeness (QED) is 0.167. The van der Waals surface area contributed by atoms with Gasteiger partial charge in [-0.2, -0.15) is 0 Å². The van der Waals surface area contributed by atoms with E-state index in [0.29, 0.717) is 13.1 Å². The summed E-state index contributed by atoms with van der Waals surface area (Å²) in [5.41, 5.74) is 16.5. The molecule has 92 valence electrons. The highest BCUT2D eigenvalue weighted by molar-refractivity contribution is 4.62. The SMILES string of the molecule is NCCNCCNC(N)CCNCCN. The van der Waals surface area contributed by atoms with Crippen LogP contribution in [0.5, 0.6) is 0 Å². The van der Waals surface area contributed by atoms with E-state index in [1.54, 1.807) is 0 Å². The van der Waals surface area contributed by atoms with Crippen molar-refractivity contribution in [3.05, 3.63) is 0 Å². The van der Waals surface area contributed by atoms with Gasteiger partial charge in [0.05, 0.1) is 6.17 Å². The Balaban J connectivity index is 3.08. The fraction of sp³-hybridized carbons (Fsp3) is 1.00. The molecule has 0 radical (unpaired) electrons. The van der Waals surface area contributed by atoms with Crippen molar-refractivity contribution in [1.82, 2.24) is 16.0 Å². The van der Waals surface area contributed by atoms with E-state index in [0.717, 1.165) is 39.1 Å². The van der Waals surface area contributed by atoms with Gasteiger partial charge in [0.2, 0.25) is 0 Å². The van der Waals surface area contributed by atoms with Crippen molar-refractivity contribution in [2.24, 2.45) is 17.2 Å². The van der Waals surface area contributed by atoms with Gasteiger partial charge >= 0.3 is 0 Å². The Morgan fingerprint density at radius 1 is 0.800 bits per heavy atom. The van der Waals surface area contributed by atoms with Crippen molar-refractivity contribution in [3.63, 3.8) is 0 Å². The average molecular weight is 218 g/mol. The van der Waals surface area contributed by atoms with Gasteiger partial charge in [-0.15, -0.1) is 0 Å². The van der Waals surface area contributed by atoms with Crippen LogP contribution < -0.4 is 33.2 Å². The van der Waals surface area contributed by atoms with Crippen molar-refractivity contribution >= 4 is 0 Å². The minimum Gasteiger partial charge on any atom is -0.329 e. The van der Waals surface area contributed by atoms with Crippen LogP contribution in [0.15, 0.2) is 0 Å². The molecule has 0 aromatic heterocycles. The topological polar surface area (TPSA) is 114 Å². The zero-order valence-electron chi connectivity index (χ0n) is 9.47. The molecule has 0 aliphatic rings. The van der Waals surface area contributed by atoms with Crippen LogP contribution in [0, 0.1) is 0 Å². The Morgan fingerprint density at radius 2 is 1.40 bits per heavy atom. The van der Waals surface area contributed by atoms with Crippen LogP contribution in [-0.4, -0.2) is 52.0 Å². The standard InChI is InChI=1S/C9H26N6/c10-2-5-13-4-1-9(12)15-8-7-14-6-3-11/h9,13-15H,1-8,10-12H2. The first kappa shape index (κ1) is 14.8. The maximum absolute atomic E-state index is 5.84. The first-order valence-electron chi connectivity index (χ1n) is 5.61. The normalized spacial score (nSPS) is 13.0. The Bertz CT molecular complexity index is 121. The summed E-state index contributed by atoms with van der Waals surface area (Å²) < 4.78 is 0. The predicted octanol–water partition coefficient (Wildman–Crippen LogP) is -2.65. The molecule has 0 fully saturated rings. The third-order valence-corrected chi connectivity index (χ3v) is 1.98. The predicted molar refractivity (Wildman–Crippen MR) is 64.4 cm³/mol. The van der Waals surface area contributed by atoms with Gasteiger partial charge in [0.15, 0.2) is 0 Å². The molecular formula is C9H26N6.